The van der Waals surface area contributed by atoms with E-state index in [2.05, 4.69) is 0 Å². The van der Waals surface area contributed by atoms with E-state index in [1.54, 1.807) is 0 Å². The van der Waals surface area contributed by atoms with Crippen molar-refractivity contribution in [3.05, 3.63) is 34.4 Å². The fourth-order valence-electron chi connectivity index (χ4n) is 1.50. The van der Waals surface area contributed by atoms with Gasteiger partial charge in [-0.25, -0.2) is 0 Å². The molecule has 0 aromatic heterocycles. The first kappa shape index (κ1) is 15.9. The summed E-state index contributed by atoms with van der Waals surface area (Å²) in [6, 6.07) is 5.35. The zero-order valence-electron chi connectivity index (χ0n) is 10.8. The fraction of sp³-hybridized carbons (Fsp3) is 0.417. The van der Waals surface area contributed by atoms with Crippen molar-refractivity contribution in [2.45, 2.75) is 0 Å². The minimum absolute atomic E-state index is 0.0640. The van der Waals surface area contributed by atoms with Gasteiger partial charge in [-0.2, -0.15) is 0 Å². The first-order valence-electron chi connectivity index (χ1n) is 5.95. The summed E-state index contributed by atoms with van der Waals surface area (Å²) in [5, 5.41) is 28.1. The highest BCUT2D eigenvalue weighted by Crippen LogP contribution is 2.17. The maximum atomic E-state index is 11.7. The van der Waals surface area contributed by atoms with Gasteiger partial charge in [-0.15, -0.1) is 0 Å². The van der Waals surface area contributed by atoms with Gasteiger partial charge in [0.25, 0.3) is 11.6 Å². The second-order valence-corrected chi connectivity index (χ2v) is 3.87. The van der Waals surface area contributed by atoms with Crippen molar-refractivity contribution in [1.82, 2.24) is 4.90 Å². The zero-order chi connectivity index (χ0) is 15.0. The Kier molecular flexibility index (Phi) is 6.41. The number of nitro groups is 1. The van der Waals surface area contributed by atoms with E-state index in [-0.39, 0.29) is 44.5 Å². The van der Waals surface area contributed by atoms with E-state index in [0.717, 1.165) is 0 Å². The molecule has 2 N–H and O–H groups in total. The standard InChI is InChI=1S/C12H16N2O6/c15-7-5-13(6-8-16)12(17)9-20-11-3-1-10(2-4-11)14(18)19/h1-4,15-16H,5-9H2. The number of nitro benzene ring substituents is 1. The van der Waals surface area contributed by atoms with Gasteiger partial charge in [-0.05, 0) is 12.1 Å². The summed E-state index contributed by atoms with van der Waals surface area (Å²) >= 11 is 0. The molecule has 0 unspecified atom stereocenters. The van der Waals surface area contributed by atoms with Crippen LogP contribution in [0.2, 0.25) is 0 Å². The van der Waals surface area contributed by atoms with Gasteiger partial charge in [-0.3, -0.25) is 14.9 Å². The number of nitrogens with zero attached hydrogens (tertiary/aromatic N) is 2. The summed E-state index contributed by atoms with van der Waals surface area (Å²) in [4.78, 5) is 23.0. The van der Waals surface area contributed by atoms with Gasteiger partial charge in [-0.1, -0.05) is 0 Å². The molecular weight excluding hydrogens is 268 g/mol. The SMILES string of the molecule is O=C(COc1ccc([N+](=O)[O-])cc1)N(CCO)CCO. The average molecular weight is 284 g/mol. The highest BCUT2D eigenvalue weighted by Gasteiger charge is 2.13. The molecule has 8 heteroatoms. The first-order valence-corrected chi connectivity index (χ1v) is 5.95. The van der Waals surface area contributed by atoms with Crippen LogP contribution in [-0.2, 0) is 4.79 Å². The van der Waals surface area contributed by atoms with E-state index in [0.29, 0.717) is 5.75 Å². The lowest BCUT2D eigenvalue weighted by Crippen LogP contribution is -2.38. The lowest BCUT2D eigenvalue weighted by Gasteiger charge is -2.20. The van der Waals surface area contributed by atoms with Crippen molar-refractivity contribution < 1.29 is 24.7 Å². The third-order valence-electron chi connectivity index (χ3n) is 2.50. The molecule has 0 aliphatic heterocycles. The van der Waals surface area contributed by atoms with E-state index in [9.17, 15) is 14.9 Å². The van der Waals surface area contributed by atoms with Crippen LogP contribution in [0.25, 0.3) is 0 Å². The Morgan fingerprint density at radius 1 is 1.20 bits per heavy atom. The molecule has 0 spiro atoms. The maximum absolute atomic E-state index is 11.7. The molecule has 1 amide bonds. The van der Waals surface area contributed by atoms with Crippen LogP contribution < -0.4 is 4.74 Å². The number of hydrogen-bond acceptors (Lipinski definition) is 6. The van der Waals surface area contributed by atoms with Crippen molar-refractivity contribution in [3.8, 4) is 5.75 Å². The van der Waals surface area contributed by atoms with Crippen molar-refractivity contribution in [2.75, 3.05) is 32.9 Å². The molecule has 20 heavy (non-hydrogen) atoms. The number of non-ortho nitro benzene ring substituents is 1. The number of ether oxygens (including phenoxy) is 1. The van der Waals surface area contributed by atoms with Gasteiger partial charge < -0.3 is 19.8 Å². The molecule has 0 saturated carbocycles. The Morgan fingerprint density at radius 3 is 2.20 bits per heavy atom. The van der Waals surface area contributed by atoms with Gasteiger partial charge in [0.1, 0.15) is 5.75 Å². The second-order valence-electron chi connectivity index (χ2n) is 3.87. The molecule has 8 nitrogen and oxygen atoms in total. The molecule has 0 heterocycles. The van der Waals surface area contributed by atoms with Crippen LogP contribution in [-0.4, -0.2) is 58.9 Å². The normalized spacial score (nSPS) is 10.1. The van der Waals surface area contributed by atoms with Gasteiger partial charge in [0.15, 0.2) is 6.61 Å². The quantitative estimate of drug-likeness (QED) is 0.504. The van der Waals surface area contributed by atoms with E-state index < -0.39 is 4.92 Å². The second kappa shape index (κ2) is 8.08. The third kappa shape index (κ3) is 4.82. The molecule has 0 fully saturated rings. The summed E-state index contributed by atoms with van der Waals surface area (Å²) in [5.74, 6) is -0.0525. The van der Waals surface area contributed by atoms with Crippen LogP contribution >= 0.6 is 0 Å². The maximum Gasteiger partial charge on any atom is 0.269 e. The Morgan fingerprint density at radius 2 is 1.75 bits per heavy atom. The van der Waals surface area contributed by atoms with Gasteiger partial charge in [0.2, 0.25) is 0 Å². The topological polar surface area (TPSA) is 113 Å². The smallest absolute Gasteiger partial charge is 0.269 e. The molecule has 0 saturated heterocycles. The van der Waals surface area contributed by atoms with Crippen molar-refractivity contribution in [1.29, 1.82) is 0 Å². The van der Waals surface area contributed by atoms with E-state index in [1.807, 2.05) is 0 Å². The van der Waals surface area contributed by atoms with Crippen LogP contribution in [0, 0.1) is 10.1 Å². The molecular formula is C12H16N2O6. The molecule has 0 atom stereocenters. The zero-order valence-corrected chi connectivity index (χ0v) is 10.8. The number of amides is 1. The van der Waals surface area contributed by atoms with Gasteiger partial charge in [0.05, 0.1) is 18.1 Å². The van der Waals surface area contributed by atoms with Crippen molar-refractivity contribution >= 4 is 11.6 Å². The average Bonchev–Trinajstić information content (AvgIpc) is 2.45. The number of carbonyl (C=O) groups excluding carboxylic acids is 1. The first-order chi connectivity index (χ1) is 9.58. The highest BCUT2D eigenvalue weighted by molar-refractivity contribution is 5.77. The number of aliphatic hydroxyl groups is 2. The largest absolute Gasteiger partial charge is 0.484 e. The molecule has 1 aromatic carbocycles. The Hall–Kier alpha value is -2.19. The summed E-state index contributed by atoms with van der Waals surface area (Å²) in [7, 11) is 0. The van der Waals surface area contributed by atoms with Crippen LogP contribution in [0.3, 0.4) is 0 Å². The van der Waals surface area contributed by atoms with E-state index >= 15 is 0 Å². The predicted octanol–water partition coefficient (Wildman–Crippen LogP) is -0.213. The molecule has 1 rings (SSSR count). The van der Waals surface area contributed by atoms with Crippen LogP contribution in [0.5, 0.6) is 5.75 Å². The Bertz CT molecular complexity index is 442. The molecule has 0 bridgehead atoms. The molecule has 0 radical (unpaired) electrons. The van der Waals surface area contributed by atoms with Crippen LogP contribution in [0.4, 0.5) is 5.69 Å². The minimum Gasteiger partial charge on any atom is -0.484 e. The Balaban J connectivity index is 2.52. The predicted molar refractivity (Wildman–Crippen MR) is 69.3 cm³/mol. The van der Waals surface area contributed by atoms with Gasteiger partial charge in [0, 0.05) is 25.2 Å². The fourth-order valence-corrected chi connectivity index (χ4v) is 1.50. The van der Waals surface area contributed by atoms with Crippen molar-refractivity contribution in [3.63, 3.8) is 0 Å². The number of benzene rings is 1. The van der Waals surface area contributed by atoms with Crippen LogP contribution in [0.1, 0.15) is 0 Å². The number of carbonyl (C=O) groups is 1. The number of hydrogen-bond donors (Lipinski definition) is 2. The summed E-state index contributed by atoms with van der Waals surface area (Å²) < 4.78 is 5.20. The molecule has 110 valence electrons. The van der Waals surface area contributed by atoms with E-state index in [1.165, 1.54) is 29.2 Å². The Labute approximate surface area is 115 Å². The lowest BCUT2D eigenvalue weighted by atomic mass is 10.3. The van der Waals surface area contributed by atoms with Crippen molar-refractivity contribution in [2.24, 2.45) is 0 Å². The highest BCUT2D eigenvalue weighted by atomic mass is 16.6. The third-order valence-corrected chi connectivity index (χ3v) is 2.50. The van der Waals surface area contributed by atoms with Gasteiger partial charge >= 0.3 is 0 Å². The lowest BCUT2D eigenvalue weighted by molar-refractivity contribution is -0.384. The number of aliphatic hydroxyl groups excluding tert-OH is 2. The summed E-state index contributed by atoms with van der Waals surface area (Å²) in [5.41, 5.74) is -0.0640. The van der Waals surface area contributed by atoms with Crippen LogP contribution in [0.15, 0.2) is 24.3 Å². The van der Waals surface area contributed by atoms with E-state index in [4.69, 9.17) is 14.9 Å². The summed E-state index contributed by atoms with van der Waals surface area (Å²) in [6.45, 7) is -0.448. The molecule has 1 aromatic rings. The molecule has 0 aliphatic rings. The number of rotatable bonds is 8. The molecule has 0 aliphatic carbocycles. The monoisotopic (exact) mass is 284 g/mol. The minimum atomic E-state index is -0.529. The summed E-state index contributed by atoms with van der Waals surface area (Å²) in [6.07, 6.45) is 0.